The van der Waals surface area contributed by atoms with Crippen LogP contribution in [-0.4, -0.2) is 11.8 Å². The van der Waals surface area contributed by atoms with Gasteiger partial charge < -0.3 is 10.6 Å². The van der Waals surface area contributed by atoms with Gasteiger partial charge in [-0.1, -0.05) is 30.3 Å². The molecule has 130 valence electrons. The molecule has 1 fully saturated rings. The lowest BCUT2D eigenvalue weighted by Gasteiger charge is -2.11. The summed E-state index contributed by atoms with van der Waals surface area (Å²) in [7, 11) is 0. The molecule has 0 spiro atoms. The molecule has 5 heteroatoms. The molecule has 1 aliphatic rings. The molecule has 0 heterocycles. The average molecular weight is 340 g/mol. The van der Waals surface area contributed by atoms with Gasteiger partial charge >= 0.3 is 0 Å². The number of rotatable bonds is 5. The number of aryl methyl sites for hydroxylation is 2. The van der Waals surface area contributed by atoms with E-state index in [1.165, 1.54) is 12.1 Å². The van der Waals surface area contributed by atoms with Gasteiger partial charge in [0.15, 0.2) is 0 Å². The number of carbonyl (C=O) groups is 2. The molecular weight excluding hydrogens is 319 g/mol. The maximum absolute atomic E-state index is 12.9. The first kappa shape index (κ1) is 17.1. The lowest BCUT2D eigenvalue weighted by molar-refractivity contribution is -0.125. The number of hydrogen-bond acceptors (Lipinski definition) is 2. The Hall–Kier alpha value is -2.69. The summed E-state index contributed by atoms with van der Waals surface area (Å²) in [6.07, 6.45) is 0.562. The number of hydrogen-bond donors (Lipinski definition) is 2. The first-order chi connectivity index (χ1) is 12.0. The third kappa shape index (κ3) is 4.05. The minimum absolute atomic E-state index is 0.112. The van der Waals surface area contributed by atoms with E-state index in [0.717, 1.165) is 22.4 Å². The molecule has 0 aromatic heterocycles. The fourth-order valence-corrected chi connectivity index (χ4v) is 2.92. The molecule has 0 aliphatic heterocycles. The topological polar surface area (TPSA) is 58.2 Å². The van der Waals surface area contributed by atoms with Crippen molar-refractivity contribution < 1.29 is 14.0 Å². The van der Waals surface area contributed by atoms with E-state index in [0.29, 0.717) is 13.0 Å². The van der Waals surface area contributed by atoms with Crippen LogP contribution < -0.4 is 10.6 Å². The number of amides is 2. The third-order valence-electron chi connectivity index (χ3n) is 4.57. The zero-order chi connectivity index (χ0) is 18.0. The van der Waals surface area contributed by atoms with E-state index in [1.807, 2.05) is 32.0 Å². The van der Waals surface area contributed by atoms with Gasteiger partial charge in [0.1, 0.15) is 5.82 Å². The van der Waals surface area contributed by atoms with E-state index in [-0.39, 0.29) is 29.5 Å². The molecule has 1 saturated carbocycles. The number of carbonyl (C=O) groups excluding carboxylic acids is 2. The van der Waals surface area contributed by atoms with Crippen molar-refractivity contribution in [2.24, 2.45) is 11.8 Å². The van der Waals surface area contributed by atoms with Crippen molar-refractivity contribution in [1.82, 2.24) is 5.32 Å². The van der Waals surface area contributed by atoms with E-state index in [4.69, 9.17) is 0 Å². The summed E-state index contributed by atoms with van der Waals surface area (Å²) in [5.74, 6) is -1.12. The number of nitrogens with one attached hydrogen (secondary N) is 2. The van der Waals surface area contributed by atoms with Crippen molar-refractivity contribution >= 4 is 17.5 Å². The van der Waals surface area contributed by atoms with Crippen LogP contribution in [-0.2, 0) is 16.1 Å². The van der Waals surface area contributed by atoms with Crippen LogP contribution in [0.5, 0.6) is 0 Å². The van der Waals surface area contributed by atoms with Crippen molar-refractivity contribution in [2.45, 2.75) is 26.8 Å². The van der Waals surface area contributed by atoms with Gasteiger partial charge in [0, 0.05) is 12.2 Å². The molecule has 0 radical (unpaired) electrons. The van der Waals surface area contributed by atoms with Gasteiger partial charge in [0.05, 0.1) is 11.8 Å². The van der Waals surface area contributed by atoms with Gasteiger partial charge in [-0.15, -0.1) is 0 Å². The molecular formula is C20H21FN2O2. The Balaban J connectivity index is 1.52. The van der Waals surface area contributed by atoms with E-state index < -0.39 is 0 Å². The fraction of sp³-hybridized carbons (Fsp3) is 0.300. The Morgan fingerprint density at radius 2 is 1.60 bits per heavy atom. The van der Waals surface area contributed by atoms with Gasteiger partial charge in [-0.3, -0.25) is 9.59 Å². The maximum atomic E-state index is 12.9. The van der Waals surface area contributed by atoms with Crippen molar-refractivity contribution in [3.05, 3.63) is 65.0 Å². The molecule has 4 nitrogen and oxygen atoms in total. The third-order valence-corrected chi connectivity index (χ3v) is 4.57. The standard InChI is InChI=1S/C20H21FN2O2/c1-12-4-3-5-13(2)18(12)23-20(25)17-10-16(17)19(24)22-11-14-6-8-15(21)9-7-14/h3-9,16-17H,10-11H2,1-2H3,(H,22,24)(H,23,25). The van der Waals surface area contributed by atoms with E-state index in [9.17, 15) is 14.0 Å². The number of anilines is 1. The summed E-state index contributed by atoms with van der Waals surface area (Å²) >= 11 is 0. The number of para-hydroxylation sites is 1. The fourth-order valence-electron chi connectivity index (χ4n) is 2.92. The second-order valence-electron chi connectivity index (χ2n) is 6.55. The largest absolute Gasteiger partial charge is 0.352 e. The van der Waals surface area contributed by atoms with Crippen LogP contribution in [0.4, 0.5) is 10.1 Å². The molecule has 2 unspecified atom stereocenters. The van der Waals surface area contributed by atoms with Gasteiger partial charge in [-0.25, -0.2) is 4.39 Å². The highest BCUT2D eigenvalue weighted by molar-refractivity contribution is 6.00. The Morgan fingerprint density at radius 1 is 1.00 bits per heavy atom. The van der Waals surface area contributed by atoms with E-state index in [2.05, 4.69) is 10.6 Å². The summed E-state index contributed by atoms with van der Waals surface area (Å²) in [5.41, 5.74) is 3.66. The van der Waals surface area contributed by atoms with Crippen LogP contribution in [0.15, 0.2) is 42.5 Å². The molecule has 25 heavy (non-hydrogen) atoms. The zero-order valence-electron chi connectivity index (χ0n) is 14.3. The first-order valence-corrected chi connectivity index (χ1v) is 8.35. The van der Waals surface area contributed by atoms with Crippen molar-refractivity contribution in [1.29, 1.82) is 0 Å². The van der Waals surface area contributed by atoms with Crippen LogP contribution in [0.1, 0.15) is 23.1 Å². The summed E-state index contributed by atoms with van der Waals surface area (Å²) in [5, 5.41) is 5.76. The smallest absolute Gasteiger partial charge is 0.228 e. The minimum Gasteiger partial charge on any atom is -0.352 e. The summed E-state index contributed by atoms with van der Waals surface area (Å²) in [4.78, 5) is 24.6. The predicted octanol–water partition coefficient (Wildman–Crippen LogP) is 3.33. The molecule has 2 N–H and O–H groups in total. The molecule has 1 aliphatic carbocycles. The molecule has 2 amide bonds. The van der Waals surface area contributed by atoms with Gasteiger partial charge in [0.25, 0.3) is 0 Å². The van der Waals surface area contributed by atoms with E-state index in [1.54, 1.807) is 12.1 Å². The van der Waals surface area contributed by atoms with Crippen LogP contribution in [0.2, 0.25) is 0 Å². The highest BCUT2D eigenvalue weighted by Gasteiger charge is 2.48. The average Bonchev–Trinajstić information content (AvgIpc) is 3.38. The van der Waals surface area contributed by atoms with Gasteiger partial charge in [-0.05, 0) is 49.1 Å². The molecule has 2 atom stereocenters. The minimum atomic E-state index is -0.305. The molecule has 2 aromatic rings. The van der Waals surface area contributed by atoms with Crippen LogP contribution in [0.25, 0.3) is 0 Å². The highest BCUT2D eigenvalue weighted by atomic mass is 19.1. The lowest BCUT2D eigenvalue weighted by Crippen LogP contribution is -2.27. The monoisotopic (exact) mass is 340 g/mol. The van der Waals surface area contributed by atoms with Crippen molar-refractivity contribution in [2.75, 3.05) is 5.32 Å². The predicted molar refractivity (Wildman–Crippen MR) is 94.4 cm³/mol. The van der Waals surface area contributed by atoms with Gasteiger partial charge in [0.2, 0.25) is 11.8 Å². The maximum Gasteiger partial charge on any atom is 0.228 e. The number of benzene rings is 2. The van der Waals surface area contributed by atoms with Crippen LogP contribution in [0.3, 0.4) is 0 Å². The second-order valence-corrected chi connectivity index (χ2v) is 6.55. The van der Waals surface area contributed by atoms with Crippen LogP contribution in [0, 0.1) is 31.5 Å². The Morgan fingerprint density at radius 3 is 2.24 bits per heavy atom. The zero-order valence-corrected chi connectivity index (χ0v) is 14.3. The normalized spacial score (nSPS) is 18.5. The molecule has 0 saturated heterocycles. The summed E-state index contributed by atoms with van der Waals surface area (Å²) < 4.78 is 12.9. The van der Waals surface area contributed by atoms with Crippen molar-refractivity contribution in [3.63, 3.8) is 0 Å². The summed E-state index contributed by atoms with van der Waals surface area (Å²) in [6.45, 7) is 4.23. The van der Waals surface area contributed by atoms with Crippen molar-refractivity contribution in [3.8, 4) is 0 Å². The first-order valence-electron chi connectivity index (χ1n) is 8.35. The Labute approximate surface area is 146 Å². The molecule has 0 bridgehead atoms. The Bertz CT molecular complexity index is 782. The quantitative estimate of drug-likeness (QED) is 0.877. The highest BCUT2D eigenvalue weighted by Crippen LogP contribution is 2.40. The Kier molecular flexibility index (Phi) is 4.83. The SMILES string of the molecule is Cc1cccc(C)c1NC(=O)C1CC1C(=O)NCc1ccc(F)cc1. The van der Waals surface area contributed by atoms with Crippen LogP contribution >= 0.6 is 0 Å². The molecule has 3 rings (SSSR count). The number of halogens is 1. The summed E-state index contributed by atoms with van der Waals surface area (Å²) in [6, 6.07) is 11.8. The van der Waals surface area contributed by atoms with Gasteiger partial charge in [-0.2, -0.15) is 0 Å². The second kappa shape index (κ2) is 7.05. The molecule has 2 aromatic carbocycles. The van der Waals surface area contributed by atoms with E-state index >= 15 is 0 Å². The lowest BCUT2D eigenvalue weighted by atomic mass is 10.1.